The van der Waals surface area contributed by atoms with Gasteiger partial charge in [0.25, 0.3) is 0 Å². The number of rotatable bonds is 7. The molecule has 1 aliphatic heterocycles. The van der Waals surface area contributed by atoms with Crippen molar-refractivity contribution in [3.05, 3.63) is 83.0 Å². The number of hydrogen-bond acceptors (Lipinski definition) is 5. The number of nitrogens with one attached hydrogen (secondary N) is 1. The standard InChI is InChI=1S/C26H35N5/c1-6-20-12-15-31(16-13-20)24(22(27)17-21-9-7-19(2)8-10-21)23-11-14-28-25(30-23)29-18-26(3,4)5/h7-15H,6,16-18,27H2,1-5H3,(H,28,29,30)/b24-22-. The maximum Gasteiger partial charge on any atom is 0.223 e. The average Bonchev–Trinajstić information content (AvgIpc) is 2.74. The zero-order chi connectivity index (χ0) is 22.4. The Labute approximate surface area is 186 Å². The number of aromatic nitrogens is 2. The van der Waals surface area contributed by atoms with Gasteiger partial charge in [0.1, 0.15) is 0 Å². The van der Waals surface area contributed by atoms with Gasteiger partial charge < -0.3 is 16.0 Å². The monoisotopic (exact) mass is 417 g/mol. The number of aryl methyl sites for hydroxylation is 1. The molecule has 1 aromatic heterocycles. The molecule has 0 bridgehead atoms. The highest BCUT2D eigenvalue weighted by Gasteiger charge is 2.18. The molecule has 2 aromatic rings. The quantitative estimate of drug-likeness (QED) is 0.642. The summed E-state index contributed by atoms with van der Waals surface area (Å²) in [5, 5.41) is 3.36. The summed E-state index contributed by atoms with van der Waals surface area (Å²) in [6.45, 7) is 12.4. The first-order valence-corrected chi connectivity index (χ1v) is 11.0. The maximum absolute atomic E-state index is 6.71. The molecule has 3 N–H and O–H groups in total. The van der Waals surface area contributed by atoms with Crippen LogP contribution in [0.2, 0.25) is 0 Å². The summed E-state index contributed by atoms with van der Waals surface area (Å²) in [5.41, 5.74) is 13.2. The third kappa shape index (κ3) is 6.45. The van der Waals surface area contributed by atoms with Crippen LogP contribution in [-0.2, 0) is 6.42 Å². The van der Waals surface area contributed by atoms with E-state index in [-0.39, 0.29) is 5.41 Å². The number of nitrogens with zero attached hydrogens (tertiary/aromatic N) is 3. The van der Waals surface area contributed by atoms with Crippen molar-refractivity contribution >= 4 is 11.6 Å². The predicted octanol–water partition coefficient (Wildman–Crippen LogP) is 5.28. The van der Waals surface area contributed by atoms with Crippen LogP contribution in [0.3, 0.4) is 0 Å². The molecular weight excluding hydrogens is 382 g/mol. The predicted molar refractivity (Wildman–Crippen MR) is 130 cm³/mol. The molecule has 0 fully saturated rings. The van der Waals surface area contributed by atoms with Crippen molar-refractivity contribution in [2.75, 3.05) is 18.4 Å². The Balaban J connectivity index is 1.95. The Morgan fingerprint density at radius 3 is 2.52 bits per heavy atom. The fraction of sp³-hybridized carbons (Fsp3) is 0.385. The van der Waals surface area contributed by atoms with E-state index in [4.69, 9.17) is 10.7 Å². The summed E-state index contributed by atoms with van der Waals surface area (Å²) in [5.74, 6) is 0.624. The lowest BCUT2D eigenvalue weighted by Crippen LogP contribution is -2.24. The first-order valence-electron chi connectivity index (χ1n) is 11.0. The highest BCUT2D eigenvalue weighted by atomic mass is 15.2. The molecule has 0 spiro atoms. The van der Waals surface area contributed by atoms with Crippen LogP contribution in [0.25, 0.3) is 5.70 Å². The van der Waals surface area contributed by atoms with Gasteiger partial charge in [-0.3, -0.25) is 0 Å². The van der Waals surface area contributed by atoms with Crippen molar-refractivity contribution in [3.8, 4) is 0 Å². The summed E-state index contributed by atoms with van der Waals surface area (Å²) in [6.07, 6.45) is 10.0. The molecule has 0 radical (unpaired) electrons. The molecule has 2 heterocycles. The second-order valence-corrected chi connectivity index (χ2v) is 9.32. The van der Waals surface area contributed by atoms with Crippen LogP contribution < -0.4 is 11.1 Å². The molecule has 0 amide bonds. The van der Waals surface area contributed by atoms with Crippen LogP contribution in [0.1, 0.15) is 50.9 Å². The lowest BCUT2D eigenvalue weighted by molar-refractivity contribution is 0.441. The van der Waals surface area contributed by atoms with Crippen molar-refractivity contribution in [1.29, 1.82) is 0 Å². The molecule has 0 saturated carbocycles. The highest BCUT2D eigenvalue weighted by Crippen LogP contribution is 2.26. The molecule has 0 aliphatic carbocycles. The van der Waals surface area contributed by atoms with E-state index in [2.05, 4.69) is 92.4 Å². The minimum Gasteiger partial charge on any atom is -0.400 e. The van der Waals surface area contributed by atoms with Gasteiger partial charge in [-0.05, 0) is 42.0 Å². The van der Waals surface area contributed by atoms with E-state index in [1.165, 1.54) is 16.7 Å². The van der Waals surface area contributed by atoms with Crippen molar-refractivity contribution in [3.63, 3.8) is 0 Å². The first kappa shape index (κ1) is 22.6. The lowest BCUT2D eigenvalue weighted by atomic mass is 9.97. The smallest absolute Gasteiger partial charge is 0.223 e. The van der Waals surface area contributed by atoms with Gasteiger partial charge in [0, 0.05) is 37.6 Å². The van der Waals surface area contributed by atoms with Crippen molar-refractivity contribution < 1.29 is 0 Å². The van der Waals surface area contributed by atoms with E-state index in [1.54, 1.807) is 6.20 Å². The molecule has 1 aromatic carbocycles. The molecule has 0 unspecified atom stereocenters. The number of benzene rings is 1. The summed E-state index contributed by atoms with van der Waals surface area (Å²) >= 11 is 0. The van der Waals surface area contributed by atoms with Crippen LogP contribution in [0.4, 0.5) is 5.95 Å². The van der Waals surface area contributed by atoms with Gasteiger partial charge in [-0.2, -0.15) is 0 Å². The van der Waals surface area contributed by atoms with E-state index in [1.807, 2.05) is 6.07 Å². The average molecular weight is 418 g/mol. The second-order valence-electron chi connectivity index (χ2n) is 9.32. The van der Waals surface area contributed by atoms with E-state index in [0.29, 0.717) is 12.4 Å². The second kappa shape index (κ2) is 9.82. The fourth-order valence-corrected chi connectivity index (χ4v) is 3.38. The van der Waals surface area contributed by atoms with E-state index >= 15 is 0 Å². The van der Waals surface area contributed by atoms with Crippen LogP contribution >= 0.6 is 0 Å². The minimum absolute atomic E-state index is 0.138. The Hall–Kier alpha value is -3.08. The number of allylic oxidation sites excluding steroid dienone is 3. The number of hydrogen-bond donors (Lipinski definition) is 2. The summed E-state index contributed by atoms with van der Waals surface area (Å²) in [7, 11) is 0. The topological polar surface area (TPSA) is 67.1 Å². The zero-order valence-corrected chi connectivity index (χ0v) is 19.4. The van der Waals surface area contributed by atoms with Crippen molar-refractivity contribution in [2.24, 2.45) is 11.1 Å². The Kier molecular flexibility index (Phi) is 7.16. The van der Waals surface area contributed by atoms with Gasteiger partial charge in [-0.25, -0.2) is 9.97 Å². The van der Waals surface area contributed by atoms with Gasteiger partial charge in [0.15, 0.2) is 0 Å². The lowest BCUT2D eigenvalue weighted by Gasteiger charge is -2.27. The third-order valence-corrected chi connectivity index (χ3v) is 5.21. The SMILES string of the molecule is CCC1=CCN(/C(=C(\N)Cc2ccc(C)cc2)c2ccnc(NCC(C)(C)C)n2)C=C1. The zero-order valence-electron chi connectivity index (χ0n) is 19.4. The first-order chi connectivity index (χ1) is 14.7. The molecule has 1 aliphatic rings. The number of anilines is 1. The third-order valence-electron chi connectivity index (χ3n) is 5.21. The van der Waals surface area contributed by atoms with Gasteiger partial charge in [-0.1, -0.05) is 63.6 Å². The Bertz CT molecular complexity index is 978. The van der Waals surface area contributed by atoms with Crippen LogP contribution in [0.5, 0.6) is 0 Å². The molecular formula is C26H35N5. The summed E-state index contributed by atoms with van der Waals surface area (Å²) in [4.78, 5) is 11.4. The van der Waals surface area contributed by atoms with Crippen molar-refractivity contribution in [1.82, 2.24) is 14.9 Å². The minimum atomic E-state index is 0.138. The van der Waals surface area contributed by atoms with Gasteiger partial charge >= 0.3 is 0 Å². The molecule has 3 rings (SSSR count). The van der Waals surface area contributed by atoms with Crippen molar-refractivity contribution in [2.45, 2.75) is 47.5 Å². The van der Waals surface area contributed by atoms with Crippen LogP contribution in [0, 0.1) is 12.3 Å². The van der Waals surface area contributed by atoms with Gasteiger partial charge in [-0.15, -0.1) is 0 Å². The molecule has 5 nitrogen and oxygen atoms in total. The molecule has 164 valence electrons. The molecule has 5 heteroatoms. The van der Waals surface area contributed by atoms with E-state index in [9.17, 15) is 0 Å². The molecule has 0 saturated heterocycles. The Morgan fingerprint density at radius 2 is 1.90 bits per heavy atom. The largest absolute Gasteiger partial charge is 0.400 e. The van der Waals surface area contributed by atoms with E-state index in [0.717, 1.165) is 36.6 Å². The van der Waals surface area contributed by atoms with E-state index < -0.39 is 0 Å². The summed E-state index contributed by atoms with van der Waals surface area (Å²) in [6, 6.07) is 10.5. The highest BCUT2D eigenvalue weighted by molar-refractivity contribution is 5.66. The van der Waals surface area contributed by atoms with Gasteiger partial charge in [0.2, 0.25) is 5.95 Å². The fourth-order valence-electron chi connectivity index (χ4n) is 3.38. The summed E-state index contributed by atoms with van der Waals surface area (Å²) < 4.78 is 0. The van der Waals surface area contributed by atoms with Crippen LogP contribution in [0.15, 0.2) is 66.2 Å². The normalized spacial score (nSPS) is 14.9. The van der Waals surface area contributed by atoms with Gasteiger partial charge in [0.05, 0.1) is 11.4 Å². The number of nitrogens with two attached hydrogens (primary N) is 1. The van der Waals surface area contributed by atoms with Crippen LogP contribution in [-0.4, -0.2) is 28.0 Å². The molecule has 0 atom stereocenters. The Morgan fingerprint density at radius 1 is 1.16 bits per heavy atom. The molecule has 31 heavy (non-hydrogen) atoms. The maximum atomic E-state index is 6.71.